The second-order valence-electron chi connectivity index (χ2n) is 5.13. The molecule has 0 atom stereocenters. The maximum Gasteiger partial charge on any atom is 0.218 e. The number of hydrogen-bond donors (Lipinski definition) is 1. The zero-order chi connectivity index (χ0) is 14.2. The predicted molar refractivity (Wildman–Crippen MR) is 79.3 cm³/mol. The SMILES string of the molecule is CCOc1cc(NCCOC2CCCCC2)nc(C)n1. The lowest BCUT2D eigenvalue weighted by Gasteiger charge is -2.22. The first-order valence-electron chi connectivity index (χ1n) is 7.62. The molecule has 0 unspecified atom stereocenters. The van der Waals surface area contributed by atoms with Gasteiger partial charge in [0.2, 0.25) is 5.88 Å². The van der Waals surface area contributed by atoms with Gasteiger partial charge in [-0.05, 0) is 26.7 Å². The molecule has 0 aromatic carbocycles. The quantitative estimate of drug-likeness (QED) is 0.778. The Morgan fingerprint density at radius 1 is 1.25 bits per heavy atom. The number of aromatic nitrogens is 2. The van der Waals surface area contributed by atoms with Gasteiger partial charge in [0, 0.05) is 12.6 Å². The molecule has 2 rings (SSSR count). The Morgan fingerprint density at radius 2 is 2.05 bits per heavy atom. The number of rotatable bonds is 7. The summed E-state index contributed by atoms with van der Waals surface area (Å²) in [6, 6.07) is 1.83. The number of nitrogens with one attached hydrogen (secondary N) is 1. The highest BCUT2D eigenvalue weighted by atomic mass is 16.5. The van der Waals surface area contributed by atoms with Gasteiger partial charge in [-0.2, -0.15) is 4.98 Å². The van der Waals surface area contributed by atoms with Gasteiger partial charge in [0.25, 0.3) is 0 Å². The minimum absolute atomic E-state index is 0.455. The average Bonchev–Trinajstić information content (AvgIpc) is 2.45. The summed E-state index contributed by atoms with van der Waals surface area (Å²) in [5, 5.41) is 3.27. The van der Waals surface area contributed by atoms with E-state index in [1.54, 1.807) is 0 Å². The highest BCUT2D eigenvalue weighted by molar-refractivity contribution is 5.38. The summed E-state index contributed by atoms with van der Waals surface area (Å²) < 4.78 is 11.3. The normalized spacial score (nSPS) is 16.1. The van der Waals surface area contributed by atoms with Crippen molar-refractivity contribution in [1.29, 1.82) is 0 Å². The van der Waals surface area contributed by atoms with Gasteiger partial charge in [0.1, 0.15) is 11.6 Å². The summed E-state index contributed by atoms with van der Waals surface area (Å²) in [7, 11) is 0. The largest absolute Gasteiger partial charge is 0.478 e. The van der Waals surface area contributed by atoms with Crippen molar-refractivity contribution in [3.05, 3.63) is 11.9 Å². The molecule has 0 spiro atoms. The van der Waals surface area contributed by atoms with E-state index >= 15 is 0 Å². The van der Waals surface area contributed by atoms with Gasteiger partial charge in [-0.25, -0.2) is 4.98 Å². The van der Waals surface area contributed by atoms with Gasteiger partial charge in [-0.3, -0.25) is 0 Å². The minimum Gasteiger partial charge on any atom is -0.478 e. The van der Waals surface area contributed by atoms with E-state index in [0.29, 0.717) is 24.4 Å². The molecule has 1 fully saturated rings. The first-order valence-corrected chi connectivity index (χ1v) is 7.62. The molecule has 1 N–H and O–H groups in total. The molecule has 0 amide bonds. The minimum atomic E-state index is 0.455. The van der Waals surface area contributed by atoms with Crippen molar-refractivity contribution in [2.45, 2.75) is 52.1 Å². The molecule has 5 heteroatoms. The van der Waals surface area contributed by atoms with Crippen LogP contribution in [0.4, 0.5) is 5.82 Å². The Labute approximate surface area is 121 Å². The Kier molecular flexibility index (Phi) is 6.05. The molecule has 1 aliphatic rings. The van der Waals surface area contributed by atoms with Crippen molar-refractivity contribution in [2.75, 3.05) is 25.1 Å². The molecule has 20 heavy (non-hydrogen) atoms. The van der Waals surface area contributed by atoms with Crippen LogP contribution in [0.2, 0.25) is 0 Å². The van der Waals surface area contributed by atoms with Crippen LogP contribution >= 0.6 is 0 Å². The third-order valence-corrected chi connectivity index (χ3v) is 3.42. The summed E-state index contributed by atoms with van der Waals surface area (Å²) in [5.74, 6) is 2.13. The van der Waals surface area contributed by atoms with E-state index in [4.69, 9.17) is 9.47 Å². The first kappa shape index (κ1) is 15.0. The van der Waals surface area contributed by atoms with Gasteiger partial charge in [0.15, 0.2) is 0 Å². The van der Waals surface area contributed by atoms with Crippen LogP contribution in [0.15, 0.2) is 6.07 Å². The molecular weight excluding hydrogens is 254 g/mol. The molecule has 1 saturated carbocycles. The fraction of sp³-hybridized carbons (Fsp3) is 0.733. The molecule has 1 aliphatic carbocycles. The Morgan fingerprint density at radius 3 is 2.80 bits per heavy atom. The van der Waals surface area contributed by atoms with Crippen LogP contribution in [0.1, 0.15) is 44.9 Å². The van der Waals surface area contributed by atoms with Crippen molar-refractivity contribution in [3.63, 3.8) is 0 Å². The van der Waals surface area contributed by atoms with Crippen molar-refractivity contribution >= 4 is 5.82 Å². The van der Waals surface area contributed by atoms with Crippen LogP contribution in [-0.4, -0.2) is 35.8 Å². The van der Waals surface area contributed by atoms with Gasteiger partial charge in [-0.15, -0.1) is 0 Å². The van der Waals surface area contributed by atoms with E-state index in [-0.39, 0.29) is 0 Å². The standard InChI is InChI=1S/C15H25N3O2/c1-3-19-15-11-14(17-12(2)18-15)16-9-10-20-13-7-5-4-6-8-13/h11,13H,3-10H2,1-2H3,(H,16,17,18). The van der Waals surface area contributed by atoms with Crippen LogP contribution in [0, 0.1) is 6.92 Å². The number of anilines is 1. The number of nitrogens with zero attached hydrogens (tertiary/aromatic N) is 2. The second-order valence-corrected chi connectivity index (χ2v) is 5.13. The predicted octanol–water partition coefficient (Wildman–Crippen LogP) is 2.94. The molecular formula is C15H25N3O2. The molecule has 1 aromatic heterocycles. The zero-order valence-corrected chi connectivity index (χ0v) is 12.5. The monoisotopic (exact) mass is 279 g/mol. The van der Waals surface area contributed by atoms with E-state index < -0.39 is 0 Å². The molecule has 5 nitrogen and oxygen atoms in total. The van der Waals surface area contributed by atoms with Crippen LogP contribution in [0.25, 0.3) is 0 Å². The second kappa shape index (κ2) is 8.04. The summed E-state index contributed by atoms with van der Waals surface area (Å²) in [6.45, 7) is 5.91. The number of hydrogen-bond acceptors (Lipinski definition) is 5. The molecule has 1 aromatic rings. The van der Waals surface area contributed by atoms with E-state index in [9.17, 15) is 0 Å². The van der Waals surface area contributed by atoms with Crippen molar-refractivity contribution in [1.82, 2.24) is 9.97 Å². The summed E-state index contributed by atoms with van der Waals surface area (Å²) in [4.78, 5) is 8.56. The van der Waals surface area contributed by atoms with Gasteiger partial charge in [-0.1, -0.05) is 19.3 Å². The third kappa shape index (κ3) is 4.96. The maximum atomic E-state index is 5.88. The molecule has 0 saturated heterocycles. The van der Waals surface area contributed by atoms with E-state index in [1.165, 1.54) is 32.1 Å². The zero-order valence-electron chi connectivity index (χ0n) is 12.5. The van der Waals surface area contributed by atoms with Crippen molar-refractivity contribution < 1.29 is 9.47 Å². The Hall–Kier alpha value is -1.36. The summed E-state index contributed by atoms with van der Waals surface area (Å²) in [6.07, 6.45) is 6.85. The van der Waals surface area contributed by atoms with Crippen LogP contribution in [0.5, 0.6) is 5.88 Å². The van der Waals surface area contributed by atoms with E-state index in [2.05, 4.69) is 15.3 Å². The smallest absolute Gasteiger partial charge is 0.218 e. The number of aryl methyl sites for hydroxylation is 1. The summed E-state index contributed by atoms with van der Waals surface area (Å²) in [5.41, 5.74) is 0. The molecule has 0 bridgehead atoms. The van der Waals surface area contributed by atoms with Crippen LogP contribution in [0.3, 0.4) is 0 Å². The fourth-order valence-electron chi connectivity index (χ4n) is 2.49. The van der Waals surface area contributed by atoms with Crippen LogP contribution in [-0.2, 0) is 4.74 Å². The topological polar surface area (TPSA) is 56.3 Å². The Balaban J connectivity index is 1.72. The highest BCUT2D eigenvalue weighted by Crippen LogP contribution is 2.20. The van der Waals surface area contributed by atoms with Crippen LogP contribution < -0.4 is 10.1 Å². The Bertz CT molecular complexity index is 406. The molecule has 0 radical (unpaired) electrons. The fourth-order valence-corrected chi connectivity index (χ4v) is 2.49. The molecule has 112 valence electrons. The van der Waals surface area contributed by atoms with E-state index in [1.807, 2.05) is 19.9 Å². The van der Waals surface area contributed by atoms with Gasteiger partial charge >= 0.3 is 0 Å². The lowest BCUT2D eigenvalue weighted by molar-refractivity contribution is 0.0347. The first-order chi connectivity index (χ1) is 9.78. The number of ether oxygens (including phenoxy) is 2. The lowest BCUT2D eigenvalue weighted by Crippen LogP contribution is -2.20. The molecule has 1 heterocycles. The third-order valence-electron chi connectivity index (χ3n) is 3.42. The van der Waals surface area contributed by atoms with Crippen molar-refractivity contribution in [2.24, 2.45) is 0 Å². The maximum absolute atomic E-state index is 5.88. The average molecular weight is 279 g/mol. The van der Waals surface area contributed by atoms with Gasteiger partial charge < -0.3 is 14.8 Å². The molecule has 0 aliphatic heterocycles. The summed E-state index contributed by atoms with van der Waals surface area (Å²) >= 11 is 0. The van der Waals surface area contributed by atoms with Gasteiger partial charge in [0.05, 0.1) is 19.3 Å². The highest BCUT2D eigenvalue weighted by Gasteiger charge is 2.13. The lowest BCUT2D eigenvalue weighted by atomic mass is 9.98. The van der Waals surface area contributed by atoms with Crippen molar-refractivity contribution in [3.8, 4) is 5.88 Å². The van der Waals surface area contributed by atoms with E-state index in [0.717, 1.165) is 19.0 Å².